The summed E-state index contributed by atoms with van der Waals surface area (Å²) >= 11 is 0. The zero-order valence-corrected chi connectivity index (χ0v) is 21.5. The second-order valence-corrected chi connectivity index (χ2v) is 8.87. The predicted octanol–water partition coefficient (Wildman–Crippen LogP) is 1.53. The first-order valence-corrected chi connectivity index (χ1v) is 11.7. The van der Waals surface area contributed by atoms with Crippen LogP contribution in [0, 0.1) is 13.8 Å². The van der Waals surface area contributed by atoms with Crippen molar-refractivity contribution in [3.05, 3.63) is 80.0 Å². The van der Waals surface area contributed by atoms with E-state index in [2.05, 4.69) is 9.55 Å². The molecule has 0 amide bonds. The van der Waals surface area contributed by atoms with E-state index in [9.17, 15) is 19.2 Å². The number of ketones is 1. The first kappa shape index (κ1) is 25.7. The summed E-state index contributed by atoms with van der Waals surface area (Å²) in [5.74, 6) is -0.211. The molecule has 11 nitrogen and oxygen atoms in total. The molecule has 0 unspecified atom stereocenters. The maximum atomic E-state index is 12.9. The molecule has 0 aliphatic rings. The largest absolute Gasteiger partial charge is 0.497 e. The summed E-state index contributed by atoms with van der Waals surface area (Å²) in [7, 11) is 4.47. The predicted molar refractivity (Wildman–Crippen MR) is 136 cm³/mol. The molecule has 3 heterocycles. The summed E-state index contributed by atoms with van der Waals surface area (Å²) in [6, 6.07) is 9.65. The molecule has 37 heavy (non-hydrogen) atoms. The van der Waals surface area contributed by atoms with Gasteiger partial charge in [-0.3, -0.25) is 23.5 Å². The summed E-state index contributed by atoms with van der Waals surface area (Å²) in [4.78, 5) is 54.0. The first-order chi connectivity index (χ1) is 17.6. The van der Waals surface area contributed by atoms with Crippen LogP contribution in [0.3, 0.4) is 0 Å². The van der Waals surface area contributed by atoms with Crippen molar-refractivity contribution in [3.63, 3.8) is 0 Å². The normalized spacial score (nSPS) is 11.2. The molecule has 0 spiro atoms. The molecule has 194 valence electrons. The highest BCUT2D eigenvalue weighted by molar-refractivity contribution is 5.99. The Kier molecular flexibility index (Phi) is 7.14. The van der Waals surface area contributed by atoms with E-state index in [4.69, 9.17) is 9.47 Å². The zero-order chi connectivity index (χ0) is 26.9. The Hall–Kier alpha value is -4.41. The molecule has 0 saturated heterocycles. The molecule has 0 saturated carbocycles. The highest BCUT2D eigenvalue weighted by Crippen LogP contribution is 2.18. The van der Waals surface area contributed by atoms with Gasteiger partial charge in [-0.05, 0) is 44.0 Å². The smallest absolute Gasteiger partial charge is 0.332 e. The highest BCUT2D eigenvalue weighted by atomic mass is 16.5. The van der Waals surface area contributed by atoms with Crippen LogP contribution >= 0.6 is 0 Å². The average Bonchev–Trinajstić information content (AvgIpc) is 3.44. The third-order valence-electron chi connectivity index (χ3n) is 6.54. The number of hydrogen-bond donors (Lipinski definition) is 0. The number of carbonyl (C=O) groups is 2. The van der Waals surface area contributed by atoms with E-state index in [0.717, 1.165) is 33.7 Å². The fourth-order valence-corrected chi connectivity index (χ4v) is 4.39. The van der Waals surface area contributed by atoms with E-state index in [1.807, 2.05) is 38.1 Å². The number of fused-ring (bicyclic) bond motifs is 1. The van der Waals surface area contributed by atoms with Gasteiger partial charge in [0.2, 0.25) is 5.78 Å². The van der Waals surface area contributed by atoms with E-state index in [-0.39, 0.29) is 23.5 Å². The second-order valence-electron chi connectivity index (χ2n) is 8.87. The number of hydrogen-bond acceptors (Lipinski definition) is 7. The van der Waals surface area contributed by atoms with Gasteiger partial charge in [-0.25, -0.2) is 9.78 Å². The molecule has 11 heteroatoms. The molecular formula is C26H29N5O6. The van der Waals surface area contributed by atoms with Crippen molar-refractivity contribution in [3.8, 4) is 5.75 Å². The van der Waals surface area contributed by atoms with Crippen LogP contribution in [0.1, 0.15) is 27.3 Å². The monoisotopic (exact) mass is 507 g/mol. The van der Waals surface area contributed by atoms with Crippen LogP contribution in [0.25, 0.3) is 11.2 Å². The lowest BCUT2D eigenvalue weighted by Crippen LogP contribution is -2.37. The van der Waals surface area contributed by atoms with Gasteiger partial charge in [0.15, 0.2) is 17.8 Å². The Morgan fingerprint density at radius 3 is 2.41 bits per heavy atom. The minimum atomic E-state index is -0.697. The standard InChI is InChI=1S/C26H29N5O6/c1-16-12-20(17(2)31(16)11-10-18-6-8-19(36-5)9-7-18)21(32)14-37-22(33)13-30-15-27-24-23(30)25(34)29(4)26(35)28(24)3/h6-9,12,15H,10-11,13-14H2,1-5H3. The minimum absolute atomic E-state index is 0.105. The molecule has 0 atom stereocenters. The third-order valence-corrected chi connectivity index (χ3v) is 6.54. The van der Waals surface area contributed by atoms with Gasteiger partial charge in [0.25, 0.3) is 5.56 Å². The van der Waals surface area contributed by atoms with Crippen LogP contribution < -0.4 is 16.0 Å². The Labute approximate surface area is 212 Å². The van der Waals surface area contributed by atoms with E-state index >= 15 is 0 Å². The number of ether oxygens (including phenoxy) is 2. The van der Waals surface area contributed by atoms with E-state index < -0.39 is 23.8 Å². The first-order valence-electron chi connectivity index (χ1n) is 11.7. The number of methoxy groups -OCH3 is 1. The van der Waals surface area contributed by atoms with Crippen molar-refractivity contribution in [1.29, 1.82) is 0 Å². The SMILES string of the molecule is COc1ccc(CCn2c(C)cc(C(=O)COC(=O)Cn3cnc4c3c(=O)n(C)c(=O)n4C)c2C)cc1. The van der Waals surface area contributed by atoms with Crippen molar-refractivity contribution < 1.29 is 19.1 Å². The number of carbonyl (C=O) groups excluding carboxylic acids is 2. The maximum Gasteiger partial charge on any atom is 0.332 e. The quantitative estimate of drug-likeness (QED) is 0.249. The van der Waals surface area contributed by atoms with Crippen LogP contribution in [-0.4, -0.2) is 48.7 Å². The Balaban J connectivity index is 1.41. The van der Waals surface area contributed by atoms with Crippen LogP contribution in [0.15, 0.2) is 46.2 Å². The number of Topliss-reactive ketones (excluding diaryl/α,β-unsaturated/α-hetero) is 1. The van der Waals surface area contributed by atoms with Crippen LogP contribution in [-0.2, 0) is 43.1 Å². The summed E-state index contributed by atoms with van der Waals surface area (Å²) in [6.07, 6.45) is 2.08. The van der Waals surface area contributed by atoms with Gasteiger partial charge < -0.3 is 18.6 Å². The maximum absolute atomic E-state index is 12.9. The minimum Gasteiger partial charge on any atom is -0.497 e. The lowest BCUT2D eigenvalue weighted by molar-refractivity contribution is -0.143. The fraction of sp³-hybridized carbons (Fsp3) is 0.346. The molecule has 1 aromatic carbocycles. The highest BCUT2D eigenvalue weighted by Gasteiger charge is 2.19. The number of nitrogens with zero attached hydrogens (tertiary/aromatic N) is 5. The van der Waals surface area contributed by atoms with Crippen LogP contribution in [0.2, 0.25) is 0 Å². The van der Waals surface area contributed by atoms with Crippen LogP contribution in [0.5, 0.6) is 5.75 Å². The van der Waals surface area contributed by atoms with Crippen molar-refractivity contribution in [2.24, 2.45) is 14.1 Å². The second kappa shape index (κ2) is 10.3. The molecular weight excluding hydrogens is 478 g/mol. The van der Waals surface area contributed by atoms with Gasteiger partial charge in [0.1, 0.15) is 12.3 Å². The van der Waals surface area contributed by atoms with E-state index in [1.165, 1.54) is 29.6 Å². The summed E-state index contributed by atoms with van der Waals surface area (Å²) in [6.45, 7) is 3.75. The number of esters is 1. The van der Waals surface area contributed by atoms with Gasteiger partial charge in [0.05, 0.1) is 13.4 Å². The van der Waals surface area contributed by atoms with Gasteiger partial charge in [-0.1, -0.05) is 12.1 Å². The van der Waals surface area contributed by atoms with Crippen molar-refractivity contribution in [2.75, 3.05) is 13.7 Å². The van der Waals surface area contributed by atoms with Gasteiger partial charge >= 0.3 is 11.7 Å². The van der Waals surface area contributed by atoms with E-state index in [1.54, 1.807) is 13.2 Å². The lowest BCUT2D eigenvalue weighted by atomic mass is 10.1. The molecule has 0 aliphatic carbocycles. The molecule has 0 fully saturated rings. The molecule has 3 aromatic heterocycles. The van der Waals surface area contributed by atoms with Crippen molar-refractivity contribution in [1.82, 2.24) is 23.3 Å². The molecule has 0 N–H and O–H groups in total. The van der Waals surface area contributed by atoms with Crippen LogP contribution in [0.4, 0.5) is 0 Å². The number of benzene rings is 1. The topological polar surface area (TPSA) is 119 Å². The number of aryl methyl sites for hydroxylation is 3. The molecule has 0 radical (unpaired) electrons. The number of aromatic nitrogens is 5. The average molecular weight is 508 g/mol. The summed E-state index contributed by atoms with van der Waals surface area (Å²) in [5, 5.41) is 0. The van der Waals surface area contributed by atoms with Gasteiger partial charge in [-0.2, -0.15) is 0 Å². The number of rotatable bonds is 9. The fourth-order valence-electron chi connectivity index (χ4n) is 4.39. The molecule has 4 aromatic rings. The summed E-state index contributed by atoms with van der Waals surface area (Å²) < 4.78 is 16.0. The Morgan fingerprint density at radius 2 is 1.73 bits per heavy atom. The zero-order valence-electron chi connectivity index (χ0n) is 21.5. The Bertz CT molecular complexity index is 1600. The Morgan fingerprint density at radius 1 is 1.03 bits per heavy atom. The van der Waals surface area contributed by atoms with E-state index in [0.29, 0.717) is 12.1 Å². The van der Waals surface area contributed by atoms with Crippen molar-refractivity contribution in [2.45, 2.75) is 33.4 Å². The van der Waals surface area contributed by atoms with Gasteiger partial charge in [-0.15, -0.1) is 0 Å². The molecule has 4 rings (SSSR count). The third kappa shape index (κ3) is 4.97. The van der Waals surface area contributed by atoms with Gasteiger partial charge in [0, 0.05) is 37.6 Å². The number of imidazole rings is 1. The molecule has 0 bridgehead atoms. The lowest BCUT2D eigenvalue weighted by Gasteiger charge is -2.11. The molecule has 0 aliphatic heterocycles. The van der Waals surface area contributed by atoms with Crippen molar-refractivity contribution >= 4 is 22.9 Å². The summed E-state index contributed by atoms with van der Waals surface area (Å²) in [5.41, 5.74) is 2.57.